The normalized spacial score (nSPS) is 12.3. The van der Waals surface area contributed by atoms with Crippen LogP contribution in [-0.4, -0.2) is 15.0 Å². The molecule has 57 heavy (non-hydrogen) atoms. The van der Waals surface area contributed by atoms with Gasteiger partial charge in [0.15, 0.2) is 17.5 Å². The maximum atomic E-state index is 10.3. The molecule has 266 valence electrons. The first-order valence-electron chi connectivity index (χ1n) is 19.1. The predicted molar refractivity (Wildman–Crippen MR) is 229 cm³/mol. The van der Waals surface area contributed by atoms with E-state index in [1.165, 1.54) is 33.4 Å². The maximum absolute atomic E-state index is 10.3. The molecule has 0 saturated carbocycles. The molecule has 0 N–H and O–H groups in total. The average Bonchev–Trinajstić information content (AvgIpc) is 3.60. The minimum Gasteiger partial charge on any atom is -0.208 e. The Hall–Kier alpha value is -7.74. The summed E-state index contributed by atoms with van der Waals surface area (Å²) in [6.07, 6.45) is 0. The Bertz CT molecular complexity index is 2860. The van der Waals surface area contributed by atoms with Crippen LogP contribution in [0.5, 0.6) is 0 Å². The van der Waals surface area contributed by atoms with Gasteiger partial charge in [-0.1, -0.05) is 176 Å². The molecule has 1 aliphatic carbocycles. The van der Waals surface area contributed by atoms with Crippen LogP contribution in [0.3, 0.4) is 0 Å². The zero-order valence-electron chi connectivity index (χ0n) is 30.9. The molecule has 4 nitrogen and oxygen atoms in total. The van der Waals surface area contributed by atoms with Crippen LogP contribution in [0.25, 0.3) is 67.5 Å². The van der Waals surface area contributed by atoms with E-state index in [0.717, 1.165) is 38.9 Å². The highest BCUT2D eigenvalue weighted by atomic mass is 15.0. The Balaban J connectivity index is 1.23. The number of fused-ring (bicyclic) bond motifs is 3. The monoisotopic (exact) mass is 726 g/mol. The molecule has 1 aromatic heterocycles. The predicted octanol–water partition coefficient (Wildman–Crippen LogP) is 12.4. The molecular weight excluding hydrogens is 693 g/mol. The lowest BCUT2D eigenvalue weighted by Crippen LogP contribution is -2.28. The Kier molecular flexibility index (Phi) is 8.39. The van der Waals surface area contributed by atoms with E-state index in [4.69, 9.17) is 15.0 Å². The van der Waals surface area contributed by atoms with Crippen molar-refractivity contribution in [2.45, 2.75) is 5.41 Å². The quantitative estimate of drug-likeness (QED) is 0.164. The van der Waals surface area contributed by atoms with E-state index in [0.29, 0.717) is 23.0 Å². The zero-order valence-corrected chi connectivity index (χ0v) is 30.9. The number of rotatable bonds is 7. The van der Waals surface area contributed by atoms with E-state index in [9.17, 15) is 5.26 Å². The molecular formula is C53H34N4. The lowest BCUT2D eigenvalue weighted by atomic mass is 9.67. The number of hydrogen-bond acceptors (Lipinski definition) is 4. The van der Waals surface area contributed by atoms with Gasteiger partial charge in [-0.15, -0.1) is 0 Å². The molecule has 0 amide bonds. The summed E-state index contributed by atoms with van der Waals surface area (Å²) in [7, 11) is 0. The maximum Gasteiger partial charge on any atom is 0.164 e. The van der Waals surface area contributed by atoms with Gasteiger partial charge in [0.05, 0.1) is 17.0 Å². The van der Waals surface area contributed by atoms with Crippen LogP contribution in [0.1, 0.15) is 27.8 Å². The van der Waals surface area contributed by atoms with E-state index in [1.807, 2.05) is 84.9 Å². The van der Waals surface area contributed by atoms with Crippen LogP contribution >= 0.6 is 0 Å². The van der Waals surface area contributed by atoms with Gasteiger partial charge in [-0.2, -0.15) is 5.26 Å². The van der Waals surface area contributed by atoms with E-state index in [-0.39, 0.29) is 0 Å². The highest BCUT2D eigenvalue weighted by Crippen LogP contribution is 2.56. The lowest BCUT2D eigenvalue weighted by Gasteiger charge is -2.34. The Morgan fingerprint density at radius 1 is 0.333 bits per heavy atom. The second-order valence-electron chi connectivity index (χ2n) is 14.3. The molecule has 0 aliphatic heterocycles. The number of nitrogens with zero attached hydrogens (tertiary/aromatic N) is 4. The molecule has 0 fully saturated rings. The van der Waals surface area contributed by atoms with E-state index in [1.54, 1.807) is 0 Å². The van der Waals surface area contributed by atoms with Crippen LogP contribution in [0.2, 0.25) is 0 Å². The molecule has 9 aromatic rings. The molecule has 8 aromatic carbocycles. The fourth-order valence-electron chi connectivity index (χ4n) is 8.47. The first-order valence-corrected chi connectivity index (χ1v) is 19.1. The number of nitriles is 1. The summed E-state index contributed by atoms with van der Waals surface area (Å²) in [6.45, 7) is 0. The highest BCUT2D eigenvalue weighted by Gasteiger charge is 2.46. The van der Waals surface area contributed by atoms with Crippen LogP contribution < -0.4 is 0 Å². The van der Waals surface area contributed by atoms with Crippen molar-refractivity contribution in [3.8, 4) is 73.6 Å². The van der Waals surface area contributed by atoms with Crippen LogP contribution in [0.4, 0.5) is 0 Å². The smallest absolute Gasteiger partial charge is 0.164 e. The van der Waals surface area contributed by atoms with Crippen molar-refractivity contribution in [1.29, 1.82) is 5.26 Å². The highest BCUT2D eigenvalue weighted by molar-refractivity contribution is 5.90. The average molecular weight is 727 g/mol. The van der Waals surface area contributed by atoms with Crippen molar-refractivity contribution in [2.75, 3.05) is 0 Å². The molecule has 0 radical (unpaired) electrons. The minimum absolute atomic E-state index is 0.540. The van der Waals surface area contributed by atoms with Crippen molar-refractivity contribution in [2.24, 2.45) is 0 Å². The summed E-state index contributed by atoms with van der Waals surface area (Å²) in [5, 5.41) is 10.3. The Morgan fingerprint density at radius 2 is 0.789 bits per heavy atom. The molecule has 1 heterocycles. The third kappa shape index (κ3) is 5.82. The Morgan fingerprint density at radius 3 is 1.39 bits per heavy atom. The molecule has 1 aliphatic rings. The largest absolute Gasteiger partial charge is 0.208 e. The van der Waals surface area contributed by atoms with Crippen LogP contribution in [-0.2, 0) is 5.41 Å². The first kappa shape index (κ1) is 33.8. The van der Waals surface area contributed by atoms with Crippen molar-refractivity contribution in [3.05, 3.63) is 234 Å². The third-order valence-electron chi connectivity index (χ3n) is 11.0. The van der Waals surface area contributed by atoms with Gasteiger partial charge < -0.3 is 0 Å². The zero-order chi connectivity index (χ0) is 38.2. The number of aromatic nitrogens is 3. The summed E-state index contributed by atoms with van der Waals surface area (Å²) in [5.41, 5.74) is 13.8. The van der Waals surface area contributed by atoms with E-state index < -0.39 is 5.41 Å². The first-order chi connectivity index (χ1) is 28.2. The second kappa shape index (κ2) is 14.2. The van der Waals surface area contributed by atoms with Crippen molar-refractivity contribution in [3.63, 3.8) is 0 Å². The summed E-state index contributed by atoms with van der Waals surface area (Å²) >= 11 is 0. The Labute approximate surface area is 332 Å². The van der Waals surface area contributed by atoms with Crippen molar-refractivity contribution < 1.29 is 0 Å². The van der Waals surface area contributed by atoms with E-state index in [2.05, 4.69) is 127 Å². The molecule has 0 unspecified atom stereocenters. The van der Waals surface area contributed by atoms with Gasteiger partial charge in [0, 0.05) is 16.7 Å². The molecule has 0 saturated heterocycles. The van der Waals surface area contributed by atoms with Crippen molar-refractivity contribution >= 4 is 0 Å². The van der Waals surface area contributed by atoms with E-state index >= 15 is 0 Å². The van der Waals surface area contributed by atoms with Gasteiger partial charge in [0.1, 0.15) is 0 Å². The fraction of sp³-hybridized carbons (Fsp3) is 0.0189. The van der Waals surface area contributed by atoms with Gasteiger partial charge in [-0.25, -0.2) is 15.0 Å². The van der Waals surface area contributed by atoms with Gasteiger partial charge >= 0.3 is 0 Å². The molecule has 0 spiro atoms. The van der Waals surface area contributed by atoms with Crippen molar-refractivity contribution in [1.82, 2.24) is 15.0 Å². The third-order valence-corrected chi connectivity index (χ3v) is 11.0. The van der Waals surface area contributed by atoms with Gasteiger partial charge in [0.25, 0.3) is 0 Å². The minimum atomic E-state index is -0.540. The second-order valence-corrected chi connectivity index (χ2v) is 14.3. The molecule has 4 heteroatoms. The van der Waals surface area contributed by atoms with Crippen LogP contribution in [0.15, 0.2) is 206 Å². The summed E-state index contributed by atoms with van der Waals surface area (Å²) in [5.74, 6) is 1.74. The van der Waals surface area contributed by atoms with Gasteiger partial charge in [0.2, 0.25) is 0 Å². The summed E-state index contributed by atoms with van der Waals surface area (Å²) in [6, 6.07) is 74.1. The van der Waals surface area contributed by atoms with Gasteiger partial charge in [-0.05, 0) is 86.0 Å². The topological polar surface area (TPSA) is 62.5 Å². The summed E-state index contributed by atoms with van der Waals surface area (Å²) < 4.78 is 0. The number of hydrogen-bond donors (Lipinski definition) is 0. The molecule has 0 atom stereocenters. The van der Waals surface area contributed by atoms with Gasteiger partial charge in [-0.3, -0.25) is 0 Å². The molecule has 0 bridgehead atoms. The SMILES string of the molecule is N#Cc1ccccc1-c1cc(-c2ccc3c(c2)C(c2ccccc2)(c2ccccc2)c2ccccc2-3)cc(-c2nc(-c3ccccc3)nc(-c3ccccc3)n2)c1. The molecule has 10 rings (SSSR count). The summed E-state index contributed by atoms with van der Waals surface area (Å²) in [4.78, 5) is 15.2. The lowest BCUT2D eigenvalue weighted by molar-refractivity contribution is 0.769. The van der Waals surface area contributed by atoms with Crippen LogP contribution in [0, 0.1) is 11.3 Å². The number of benzene rings is 8. The standard InChI is InChI=1S/C53H34N4/c54-35-39-21-13-14-26-45(39)41-31-40(32-42(33-41)52-56-50(36-17-5-1-6-18-36)55-51(57-52)37-19-7-2-8-20-37)38-29-30-47-46-27-15-16-28-48(46)53(49(47)34-38,43-22-9-3-10-23-43)44-24-11-4-12-25-44/h1-34H. The fourth-order valence-corrected chi connectivity index (χ4v) is 8.47.